The third-order valence-electron chi connectivity index (χ3n) is 4.57. The van der Waals surface area contributed by atoms with Gasteiger partial charge in [-0.25, -0.2) is 0 Å². The van der Waals surface area contributed by atoms with Gasteiger partial charge in [-0.05, 0) is 33.6 Å². The lowest BCUT2D eigenvalue weighted by Gasteiger charge is -2.28. The highest BCUT2D eigenvalue weighted by molar-refractivity contribution is 6.31. The first-order valence-corrected chi connectivity index (χ1v) is 7.89. The summed E-state index contributed by atoms with van der Waals surface area (Å²) in [5, 5.41) is 18.4. The van der Waals surface area contributed by atoms with E-state index in [9.17, 15) is 5.11 Å². The Hall–Kier alpha value is -0.580. The maximum absolute atomic E-state index is 9.63. The number of hydrogen-bond donors (Lipinski definition) is 2. The summed E-state index contributed by atoms with van der Waals surface area (Å²) in [4.78, 5) is 0. The van der Waals surface area contributed by atoms with Crippen LogP contribution in [0.1, 0.15) is 44.0 Å². The van der Waals surface area contributed by atoms with E-state index in [1.165, 1.54) is 12.8 Å². The van der Waals surface area contributed by atoms with E-state index in [-0.39, 0.29) is 5.41 Å². The van der Waals surface area contributed by atoms with Crippen molar-refractivity contribution >= 4 is 11.6 Å². The number of aliphatic hydroxyl groups excluding tert-OH is 1. The molecule has 0 unspecified atom stereocenters. The molecule has 0 amide bonds. The monoisotopic (exact) mass is 299 g/mol. The van der Waals surface area contributed by atoms with Crippen LogP contribution >= 0.6 is 11.6 Å². The molecule has 20 heavy (non-hydrogen) atoms. The average molecular weight is 300 g/mol. The zero-order chi connectivity index (χ0) is 14.8. The van der Waals surface area contributed by atoms with E-state index >= 15 is 0 Å². The molecule has 1 aromatic heterocycles. The Morgan fingerprint density at radius 3 is 2.55 bits per heavy atom. The molecule has 2 rings (SSSR count). The normalized spacial score (nSPS) is 19.4. The Bertz CT molecular complexity index is 452. The fraction of sp³-hybridized carbons (Fsp3) is 0.800. The van der Waals surface area contributed by atoms with E-state index in [4.69, 9.17) is 11.6 Å². The summed E-state index contributed by atoms with van der Waals surface area (Å²) < 4.78 is 1.97. The Morgan fingerprint density at radius 1 is 1.40 bits per heavy atom. The van der Waals surface area contributed by atoms with Crippen molar-refractivity contribution in [3.63, 3.8) is 0 Å². The van der Waals surface area contributed by atoms with Crippen LogP contribution in [0.3, 0.4) is 0 Å². The van der Waals surface area contributed by atoms with Gasteiger partial charge in [-0.2, -0.15) is 5.10 Å². The molecule has 1 saturated carbocycles. The van der Waals surface area contributed by atoms with Crippen LogP contribution in [0.2, 0.25) is 5.02 Å². The summed E-state index contributed by atoms with van der Waals surface area (Å²) >= 11 is 6.17. The molecule has 0 aromatic carbocycles. The fourth-order valence-corrected chi connectivity index (χ4v) is 3.22. The summed E-state index contributed by atoms with van der Waals surface area (Å²) in [7, 11) is 0. The van der Waals surface area contributed by atoms with Crippen LogP contribution < -0.4 is 5.32 Å². The van der Waals surface area contributed by atoms with E-state index in [1.54, 1.807) is 0 Å². The molecular weight excluding hydrogens is 274 g/mol. The zero-order valence-electron chi connectivity index (χ0n) is 12.7. The first-order chi connectivity index (χ1) is 9.47. The van der Waals surface area contributed by atoms with Gasteiger partial charge in [0, 0.05) is 24.6 Å². The number of aromatic nitrogens is 2. The van der Waals surface area contributed by atoms with Crippen LogP contribution in [0, 0.1) is 19.3 Å². The highest BCUT2D eigenvalue weighted by Gasteiger charge is 2.33. The molecule has 1 atom stereocenters. The predicted molar refractivity (Wildman–Crippen MR) is 82.2 cm³/mol. The van der Waals surface area contributed by atoms with Gasteiger partial charge in [-0.1, -0.05) is 24.4 Å². The molecule has 5 heteroatoms. The summed E-state index contributed by atoms with van der Waals surface area (Å²) in [6, 6.07) is 0.313. The topological polar surface area (TPSA) is 50.1 Å². The predicted octanol–water partition coefficient (Wildman–Crippen LogP) is 2.68. The Labute approximate surface area is 126 Å². The van der Waals surface area contributed by atoms with Crippen molar-refractivity contribution in [2.45, 2.75) is 59.0 Å². The molecule has 0 radical (unpaired) electrons. The number of hydrogen-bond acceptors (Lipinski definition) is 3. The van der Waals surface area contributed by atoms with Crippen molar-refractivity contribution in [1.29, 1.82) is 0 Å². The first-order valence-electron chi connectivity index (χ1n) is 7.51. The van der Waals surface area contributed by atoms with Crippen LogP contribution in [0.15, 0.2) is 0 Å². The van der Waals surface area contributed by atoms with Crippen LogP contribution in [-0.4, -0.2) is 34.1 Å². The average Bonchev–Trinajstić information content (AvgIpc) is 3.00. The molecule has 0 bridgehead atoms. The fourth-order valence-electron chi connectivity index (χ4n) is 3.08. The number of nitrogens with zero attached hydrogens (tertiary/aromatic N) is 2. The zero-order valence-corrected chi connectivity index (χ0v) is 13.5. The third kappa shape index (κ3) is 3.35. The van der Waals surface area contributed by atoms with Crippen molar-refractivity contribution in [2.24, 2.45) is 5.41 Å². The standard InChI is InChI=1S/C15H26ClN3O/c1-11(8-19-13(3)14(16)12(2)18-19)17-9-15(10-20)6-4-5-7-15/h11,17,20H,4-10H2,1-3H3/t11-/m0/s1. The van der Waals surface area contributed by atoms with Crippen molar-refractivity contribution in [3.05, 3.63) is 16.4 Å². The Morgan fingerprint density at radius 2 is 2.05 bits per heavy atom. The smallest absolute Gasteiger partial charge is 0.0844 e. The van der Waals surface area contributed by atoms with Crippen LogP contribution in [-0.2, 0) is 6.54 Å². The van der Waals surface area contributed by atoms with Gasteiger partial charge < -0.3 is 10.4 Å². The van der Waals surface area contributed by atoms with E-state index in [0.29, 0.717) is 12.6 Å². The maximum atomic E-state index is 9.63. The number of rotatable bonds is 6. The lowest BCUT2D eigenvalue weighted by atomic mass is 9.87. The Balaban J connectivity index is 1.89. The lowest BCUT2D eigenvalue weighted by molar-refractivity contribution is 0.124. The minimum absolute atomic E-state index is 0.0982. The van der Waals surface area contributed by atoms with Crippen LogP contribution in [0.4, 0.5) is 0 Å². The largest absolute Gasteiger partial charge is 0.396 e. The molecule has 114 valence electrons. The van der Waals surface area contributed by atoms with Gasteiger partial charge >= 0.3 is 0 Å². The highest BCUT2D eigenvalue weighted by Crippen LogP contribution is 2.37. The summed E-state index contributed by atoms with van der Waals surface area (Å²) in [5.74, 6) is 0. The molecule has 0 aliphatic heterocycles. The number of aliphatic hydroxyl groups is 1. The number of aryl methyl sites for hydroxylation is 1. The summed E-state index contributed by atoms with van der Waals surface area (Å²) in [5.41, 5.74) is 2.01. The van der Waals surface area contributed by atoms with Gasteiger partial charge in [0.15, 0.2) is 0 Å². The van der Waals surface area contributed by atoms with Gasteiger partial charge in [-0.15, -0.1) is 0 Å². The van der Waals surface area contributed by atoms with E-state index < -0.39 is 0 Å². The lowest BCUT2D eigenvalue weighted by Crippen LogP contribution is -2.41. The molecule has 4 nitrogen and oxygen atoms in total. The first kappa shape index (κ1) is 15.8. The summed E-state index contributed by atoms with van der Waals surface area (Å²) in [6.07, 6.45) is 4.75. The molecule has 1 aliphatic carbocycles. The Kier molecular flexibility index (Phi) is 5.10. The molecule has 1 aliphatic rings. The van der Waals surface area contributed by atoms with Crippen LogP contribution in [0.25, 0.3) is 0 Å². The molecule has 1 heterocycles. The van der Waals surface area contributed by atoms with Crippen molar-refractivity contribution < 1.29 is 5.11 Å². The minimum atomic E-state index is 0.0982. The van der Waals surface area contributed by atoms with E-state index in [2.05, 4.69) is 17.3 Å². The van der Waals surface area contributed by atoms with Gasteiger partial charge in [-0.3, -0.25) is 4.68 Å². The third-order valence-corrected chi connectivity index (χ3v) is 5.11. The van der Waals surface area contributed by atoms with E-state index in [0.717, 1.165) is 42.3 Å². The van der Waals surface area contributed by atoms with Gasteiger partial charge in [0.1, 0.15) is 0 Å². The molecular formula is C15H26ClN3O. The molecule has 2 N–H and O–H groups in total. The molecule has 1 aromatic rings. The molecule has 0 saturated heterocycles. The highest BCUT2D eigenvalue weighted by atomic mass is 35.5. The second-order valence-corrected chi connectivity index (χ2v) is 6.69. The number of halogens is 1. The minimum Gasteiger partial charge on any atom is -0.396 e. The van der Waals surface area contributed by atoms with Crippen LogP contribution in [0.5, 0.6) is 0 Å². The summed E-state index contributed by atoms with van der Waals surface area (Å²) in [6.45, 7) is 8.08. The second kappa shape index (κ2) is 6.46. The van der Waals surface area contributed by atoms with Gasteiger partial charge in [0.2, 0.25) is 0 Å². The van der Waals surface area contributed by atoms with Crippen molar-refractivity contribution in [1.82, 2.24) is 15.1 Å². The number of nitrogens with one attached hydrogen (secondary N) is 1. The van der Waals surface area contributed by atoms with Gasteiger partial charge in [0.25, 0.3) is 0 Å². The second-order valence-electron chi connectivity index (χ2n) is 6.31. The maximum Gasteiger partial charge on any atom is 0.0844 e. The quantitative estimate of drug-likeness (QED) is 0.849. The van der Waals surface area contributed by atoms with E-state index in [1.807, 2.05) is 18.5 Å². The van der Waals surface area contributed by atoms with Crippen molar-refractivity contribution in [3.8, 4) is 0 Å². The molecule has 0 spiro atoms. The van der Waals surface area contributed by atoms with Gasteiger partial charge in [0.05, 0.1) is 23.0 Å². The molecule has 1 fully saturated rings. The SMILES string of the molecule is Cc1nn(C[C@H](C)NCC2(CO)CCCC2)c(C)c1Cl. The van der Waals surface area contributed by atoms with Crippen molar-refractivity contribution in [2.75, 3.05) is 13.2 Å².